The van der Waals surface area contributed by atoms with E-state index in [-0.39, 0.29) is 17.9 Å². The van der Waals surface area contributed by atoms with Crippen molar-refractivity contribution in [3.63, 3.8) is 0 Å². The molecule has 0 radical (unpaired) electrons. The first-order valence-electron chi connectivity index (χ1n) is 6.14. The van der Waals surface area contributed by atoms with Crippen molar-refractivity contribution in [1.82, 2.24) is 0 Å². The molecule has 1 aromatic carbocycles. The molecule has 17 heavy (non-hydrogen) atoms. The van der Waals surface area contributed by atoms with Gasteiger partial charge in [-0.3, -0.25) is 4.79 Å². The summed E-state index contributed by atoms with van der Waals surface area (Å²) in [5, 5.41) is 0. The Morgan fingerprint density at radius 3 is 2.53 bits per heavy atom. The van der Waals surface area contributed by atoms with Crippen molar-refractivity contribution in [2.75, 3.05) is 6.61 Å². The quantitative estimate of drug-likeness (QED) is 0.608. The van der Waals surface area contributed by atoms with Crippen LogP contribution in [0.25, 0.3) is 0 Å². The van der Waals surface area contributed by atoms with Crippen LogP contribution < -0.4 is 5.73 Å². The second kappa shape index (κ2) is 7.07. The summed E-state index contributed by atoms with van der Waals surface area (Å²) in [6, 6.07) is 9.31. The summed E-state index contributed by atoms with van der Waals surface area (Å²) in [5.74, 6) is -0.590. The molecule has 0 saturated heterocycles. The van der Waals surface area contributed by atoms with Crippen molar-refractivity contribution in [2.45, 2.75) is 38.6 Å². The Morgan fingerprint density at radius 2 is 2.00 bits per heavy atom. The fourth-order valence-electron chi connectivity index (χ4n) is 1.72. The van der Waals surface area contributed by atoms with E-state index in [1.165, 1.54) is 0 Å². The molecule has 2 atom stereocenters. The molecule has 1 aromatic rings. The average Bonchev–Trinajstić information content (AvgIpc) is 2.30. The standard InChI is InChI=1S/C14H21NO2/c1-3-4-10-17-14(16)13(11(2)15)12-8-6-5-7-9-12/h5-9,11,13H,3-4,10,15H2,1-2H3. The molecule has 3 nitrogen and oxygen atoms in total. The fraction of sp³-hybridized carbons (Fsp3) is 0.500. The average molecular weight is 235 g/mol. The van der Waals surface area contributed by atoms with Gasteiger partial charge in [-0.1, -0.05) is 43.7 Å². The smallest absolute Gasteiger partial charge is 0.314 e. The molecule has 0 spiro atoms. The van der Waals surface area contributed by atoms with E-state index in [2.05, 4.69) is 6.92 Å². The van der Waals surface area contributed by atoms with Crippen molar-refractivity contribution in [3.8, 4) is 0 Å². The van der Waals surface area contributed by atoms with E-state index in [9.17, 15) is 4.79 Å². The van der Waals surface area contributed by atoms with Gasteiger partial charge in [-0.15, -0.1) is 0 Å². The van der Waals surface area contributed by atoms with Crippen LogP contribution in [0.1, 0.15) is 38.2 Å². The summed E-state index contributed by atoms with van der Waals surface area (Å²) < 4.78 is 5.24. The number of esters is 1. The highest BCUT2D eigenvalue weighted by Crippen LogP contribution is 2.20. The number of hydrogen-bond donors (Lipinski definition) is 1. The van der Waals surface area contributed by atoms with Gasteiger partial charge < -0.3 is 10.5 Å². The third-order valence-corrected chi connectivity index (χ3v) is 2.68. The first-order valence-corrected chi connectivity index (χ1v) is 6.14. The number of carbonyl (C=O) groups excluding carboxylic acids is 1. The molecule has 0 aromatic heterocycles. The van der Waals surface area contributed by atoms with Gasteiger partial charge in [0.05, 0.1) is 12.5 Å². The Kier molecular flexibility index (Phi) is 5.70. The first kappa shape index (κ1) is 13.7. The van der Waals surface area contributed by atoms with E-state index in [1.807, 2.05) is 37.3 Å². The Morgan fingerprint density at radius 1 is 1.35 bits per heavy atom. The van der Waals surface area contributed by atoms with Gasteiger partial charge in [-0.05, 0) is 18.9 Å². The van der Waals surface area contributed by atoms with Crippen LogP contribution in [-0.4, -0.2) is 18.6 Å². The molecule has 1 rings (SSSR count). The Labute approximate surface area is 103 Å². The van der Waals surface area contributed by atoms with Crippen molar-refractivity contribution in [1.29, 1.82) is 0 Å². The highest BCUT2D eigenvalue weighted by Gasteiger charge is 2.25. The molecule has 0 fully saturated rings. The van der Waals surface area contributed by atoms with E-state index in [1.54, 1.807) is 0 Å². The zero-order chi connectivity index (χ0) is 12.7. The van der Waals surface area contributed by atoms with E-state index < -0.39 is 0 Å². The van der Waals surface area contributed by atoms with Gasteiger partial charge in [-0.25, -0.2) is 0 Å². The van der Waals surface area contributed by atoms with Crippen LogP contribution in [0.2, 0.25) is 0 Å². The molecular weight excluding hydrogens is 214 g/mol. The third kappa shape index (κ3) is 4.19. The summed E-state index contributed by atoms with van der Waals surface area (Å²) >= 11 is 0. The van der Waals surface area contributed by atoms with Crippen molar-refractivity contribution in [3.05, 3.63) is 35.9 Å². The maximum absolute atomic E-state index is 12.0. The molecule has 2 unspecified atom stereocenters. The topological polar surface area (TPSA) is 52.3 Å². The van der Waals surface area contributed by atoms with Crippen molar-refractivity contribution in [2.24, 2.45) is 5.73 Å². The maximum atomic E-state index is 12.0. The molecule has 2 N–H and O–H groups in total. The molecule has 0 heterocycles. The van der Waals surface area contributed by atoms with Crippen LogP contribution in [-0.2, 0) is 9.53 Å². The molecule has 0 bridgehead atoms. The lowest BCUT2D eigenvalue weighted by Gasteiger charge is -2.19. The van der Waals surface area contributed by atoms with Crippen LogP contribution in [0.15, 0.2) is 30.3 Å². The summed E-state index contributed by atoms with van der Waals surface area (Å²) in [6.45, 7) is 4.37. The van der Waals surface area contributed by atoms with Crippen LogP contribution in [0.3, 0.4) is 0 Å². The van der Waals surface area contributed by atoms with Gasteiger partial charge in [0.2, 0.25) is 0 Å². The minimum atomic E-state index is -0.368. The first-order chi connectivity index (χ1) is 8.16. The number of unbranched alkanes of at least 4 members (excludes halogenated alkanes) is 1. The zero-order valence-corrected chi connectivity index (χ0v) is 10.6. The van der Waals surface area contributed by atoms with Gasteiger partial charge >= 0.3 is 5.97 Å². The normalized spacial score (nSPS) is 14.1. The van der Waals surface area contributed by atoms with Crippen LogP contribution in [0, 0.1) is 0 Å². The Hall–Kier alpha value is -1.35. The summed E-state index contributed by atoms with van der Waals surface area (Å²) in [5.41, 5.74) is 6.79. The van der Waals surface area contributed by atoms with Crippen molar-refractivity contribution >= 4 is 5.97 Å². The molecule has 94 valence electrons. The number of rotatable bonds is 6. The van der Waals surface area contributed by atoms with E-state index >= 15 is 0 Å². The van der Waals surface area contributed by atoms with E-state index in [4.69, 9.17) is 10.5 Å². The molecule has 0 aliphatic heterocycles. The third-order valence-electron chi connectivity index (χ3n) is 2.68. The number of nitrogens with two attached hydrogens (primary N) is 1. The minimum absolute atomic E-state index is 0.223. The lowest BCUT2D eigenvalue weighted by atomic mass is 9.93. The lowest BCUT2D eigenvalue weighted by molar-refractivity contribution is -0.146. The summed E-state index contributed by atoms with van der Waals surface area (Å²) in [6.07, 6.45) is 1.91. The van der Waals surface area contributed by atoms with Gasteiger partial charge in [0.1, 0.15) is 0 Å². The monoisotopic (exact) mass is 235 g/mol. The molecular formula is C14H21NO2. The molecule has 0 aliphatic rings. The number of benzene rings is 1. The second-order valence-corrected chi connectivity index (χ2v) is 4.27. The van der Waals surface area contributed by atoms with Crippen LogP contribution >= 0.6 is 0 Å². The van der Waals surface area contributed by atoms with E-state index in [0.29, 0.717) is 6.61 Å². The van der Waals surface area contributed by atoms with Crippen LogP contribution in [0.4, 0.5) is 0 Å². The van der Waals surface area contributed by atoms with Gasteiger partial charge in [0.15, 0.2) is 0 Å². The molecule has 0 aliphatic carbocycles. The summed E-state index contributed by atoms with van der Waals surface area (Å²) in [7, 11) is 0. The predicted molar refractivity (Wildman–Crippen MR) is 68.7 cm³/mol. The number of ether oxygens (including phenoxy) is 1. The van der Waals surface area contributed by atoms with Crippen LogP contribution in [0.5, 0.6) is 0 Å². The lowest BCUT2D eigenvalue weighted by Crippen LogP contribution is -2.32. The molecule has 0 saturated carbocycles. The zero-order valence-electron chi connectivity index (χ0n) is 10.6. The maximum Gasteiger partial charge on any atom is 0.314 e. The predicted octanol–water partition coefficient (Wildman–Crippen LogP) is 2.46. The van der Waals surface area contributed by atoms with Gasteiger partial charge in [-0.2, -0.15) is 0 Å². The van der Waals surface area contributed by atoms with Gasteiger partial charge in [0, 0.05) is 6.04 Å². The second-order valence-electron chi connectivity index (χ2n) is 4.27. The van der Waals surface area contributed by atoms with Gasteiger partial charge in [0.25, 0.3) is 0 Å². The highest BCUT2D eigenvalue weighted by atomic mass is 16.5. The molecule has 3 heteroatoms. The summed E-state index contributed by atoms with van der Waals surface area (Å²) in [4.78, 5) is 12.0. The van der Waals surface area contributed by atoms with E-state index in [0.717, 1.165) is 18.4 Å². The highest BCUT2D eigenvalue weighted by molar-refractivity contribution is 5.79. The SMILES string of the molecule is CCCCOC(=O)C(c1ccccc1)C(C)N. The molecule has 0 amide bonds. The largest absolute Gasteiger partial charge is 0.465 e. The Balaban J connectivity index is 2.70. The minimum Gasteiger partial charge on any atom is -0.465 e. The van der Waals surface area contributed by atoms with Crippen molar-refractivity contribution < 1.29 is 9.53 Å². The number of carbonyl (C=O) groups is 1. The number of hydrogen-bond acceptors (Lipinski definition) is 3. The Bertz CT molecular complexity index is 335. The fourth-order valence-corrected chi connectivity index (χ4v) is 1.72.